The highest BCUT2D eigenvalue weighted by molar-refractivity contribution is 6.31. The summed E-state index contributed by atoms with van der Waals surface area (Å²) in [7, 11) is 0. The van der Waals surface area contributed by atoms with E-state index in [1.165, 1.54) is 50.5 Å². The van der Waals surface area contributed by atoms with Crippen molar-refractivity contribution in [2.45, 2.75) is 56.5 Å². The van der Waals surface area contributed by atoms with Gasteiger partial charge in [-0.25, -0.2) is 5.90 Å². The zero-order chi connectivity index (χ0) is 20.8. The molecular formula is C27H30ClNO. The Morgan fingerprint density at radius 3 is 1.90 bits per heavy atom. The van der Waals surface area contributed by atoms with Crippen LogP contribution < -0.4 is 5.90 Å². The van der Waals surface area contributed by atoms with E-state index >= 15 is 0 Å². The molecule has 0 radical (unpaired) electrons. The molecule has 0 heterocycles. The number of rotatable bonds is 5. The molecule has 2 N–H and O–H groups in total. The van der Waals surface area contributed by atoms with Gasteiger partial charge in [-0.2, -0.15) is 0 Å². The van der Waals surface area contributed by atoms with E-state index in [-0.39, 0.29) is 0 Å². The van der Waals surface area contributed by atoms with Gasteiger partial charge in [-0.05, 0) is 41.5 Å². The minimum Gasteiger partial charge on any atom is -0.283 e. The molecule has 0 spiro atoms. The van der Waals surface area contributed by atoms with Crippen molar-refractivity contribution in [1.29, 1.82) is 0 Å². The van der Waals surface area contributed by atoms with Crippen molar-refractivity contribution < 1.29 is 4.84 Å². The molecule has 3 heteroatoms. The van der Waals surface area contributed by atoms with Crippen molar-refractivity contribution in [1.82, 2.24) is 0 Å². The molecule has 1 fully saturated rings. The molecule has 156 valence electrons. The predicted octanol–water partition coefficient (Wildman–Crippen LogP) is 7.35. The summed E-state index contributed by atoms with van der Waals surface area (Å²) in [6.07, 6.45) is 9.31. The summed E-state index contributed by atoms with van der Waals surface area (Å²) >= 11 is 6.64. The first kappa shape index (κ1) is 21.1. The van der Waals surface area contributed by atoms with Gasteiger partial charge in [-0.3, -0.25) is 4.84 Å². The van der Waals surface area contributed by atoms with Crippen LogP contribution in [0.2, 0.25) is 5.02 Å². The molecule has 0 bridgehead atoms. The van der Waals surface area contributed by atoms with Crippen LogP contribution >= 0.6 is 11.6 Å². The predicted molar refractivity (Wildman–Crippen MR) is 125 cm³/mol. The third-order valence-electron chi connectivity index (χ3n) is 6.50. The maximum atomic E-state index is 6.64. The van der Waals surface area contributed by atoms with Gasteiger partial charge in [-0.1, -0.05) is 117 Å². The zero-order valence-electron chi connectivity index (χ0n) is 17.4. The summed E-state index contributed by atoms with van der Waals surface area (Å²) in [4.78, 5) is 5.81. The van der Waals surface area contributed by atoms with Crippen molar-refractivity contribution in [3.63, 3.8) is 0 Å². The second-order valence-corrected chi connectivity index (χ2v) is 8.72. The van der Waals surface area contributed by atoms with Crippen LogP contribution in [0.5, 0.6) is 0 Å². The van der Waals surface area contributed by atoms with Crippen molar-refractivity contribution in [3.05, 3.63) is 106 Å². The first-order valence-corrected chi connectivity index (χ1v) is 11.4. The van der Waals surface area contributed by atoms with Crippen LogP contribution in [0, 0.1) is 0 Å². The summed E-state index contributed by atoms with van der Waals surface area (Å²) in [5, 5.41) is 0.635. The standard InChI is InChI=1S/C27H30ClNO/c28-26-16-10-9-15-25(26)27(30-29,23-13-7-4-8-14-23)24-19-17-22(18-20-24)21-11-5-2-1-3-6-12-21/h4,7-10,13-21H,1-3,5-6,11-12,29H2. The van der Waals surface area contributed by atoms with E-state index in [1.54, 1.807) is 0 Å². The van der Waals surface area contributed by atoms with Gasteiger partial charge in [0.15, 0.2) is 5.60 Å². The molecule has 0 aliphatic heterocycles. The van der Waals surface area contributed by atoms with Crippen LogP contribution in [-0.4, -0.2) is 0 Å². The van der Waals surface area contributed by atoms with E-state index in [1.807, 2.05) is 54.6 Å². The van der Waals surface area contributed by atoms with Gasteiger partial charge in [0.1, 0.15) is 0 Å². The molecule has 2 nitrogen and oxygen atoms in total. The van der Waals surface area contributed by atoms with Gasteiger partial charge in [0.25, 0.3) is 0 Å². The SMILES string of the molecule is NOC(c1ccccc1)(c1ccc(C2CCCCCCC2)cc1)c1ccccc1Cl. The normalized spacial score (nSPS) is 17.7. The molecular weight excluding hydrogens is 390 g/mol. The fraction of sp³-hybridized carbons (Fsp3) is 0.333. The van der Waals surface area contributed by atoms with Crippen LogP contribution in [-0.2, 0) is 10.4 Å². The fourth-order valence-electron chi connectivity index (χ4n) is 4.88. The van der Waals surface area contributed by atoms with Crippen LogP contribution in [0.15, 0.2) is 78.9 Å². The lowest BCUT2D eigenvalue weighted by atomic mass is 9.79. The Bertz CT molecular complexity index is 933. The average molecular weight is 420 g/mol. The molecule has 1 aliphatic rings. The van der Waals surface area contributed by atoms with Crippen LogP contribution in [0.25, 0.3) is 0 Å². The fourth-order valence-corrected chi connectivity index (χ4v) is 5.15. The first-order valence-electron chi connectivity index (χ1n) is 11.0. The largest absolute Gasteiger partial charge is 0.283 e. The quantitative estimate of drug-likeness (QED) is 0.346. The minimum atomic E-state index is -0.959. The van der Waals surface area contributed by atoms with Gasteiger partial charge in [0, 0.05) is 10.6 Å². The second-order valence-electron chi connectivity index (χ2n) is 8.31. The maximum Gasteiger partial charge on any atom is 0.166 e. The molecule has 1 atom stereocenters. The molecule has 1 unspecified atom stereocenters. The molecule has 30 heavy (non-hydrogen) atoms. The van der Waals surface area contributed by atoms with Gasteiger partial charge in [0.05, 0.1) is 0 Å². The Morgan fingerprint density at radius 1 is 0.700 bits per heavy atom. The molecule has 0 amide bonds. The summed E-state index contributed by atoms with van der Waals surface area (Å²) in [5.74, 6) is 6.68. The first-order chi connectivity index (χ1) is 14.8. The third-order valence-corrected chi connectivity index (χ3v) is 6.83. The Kier molecular flexibility index (Phi) is 6.89. The number of benzene rings is 3. The molecule has 1 saturated carbocycles. The lowest BCUT2D eigenvalue weighted by Gasteiger charge is -2.34. The number of hydrogen-bond acceptors (Lipinski definition) is 2. The van der Waals surface area contributed by atoms with Gasteiger partial charge in [-0.15, -0.1) is 0 Å². The monoisotopic (exact) mass is 419 g/mol. The molecule has 3 aromatic rings. The number of nitrogens with two attached hydrogens (primary N) is 1. The van der Waals surface area contributed by atoms with Gasteiger partial charge >= 0.3 is 0 Å². The average Bonchev–Trinajstić information content (AvgIpc) is 2.77. The maximum absolute atomic E-state index is 6.64. The Labute approximate surface area is 185 Å². The Hall–Kier alpha value is -2.13. The summed E-state index contributed by atoms with van der Waals surface area (Å²) in [5.41, 5.74) is 3.25. The van der Waals surface area contributed by atoms with E-state index < -0.39 is 5.60 Å². The van der Waals surface area contributed by atoms with Gasteiger partial charge < -0.3 is 0 Å². The topological polar surface area (TPSA) is 35.2 Å². The lowest BCUT2D eigenvalue weighted by Crippen LogP contribution is -2.35. The molecule has 1 aliphatic carbocycles. The van der Waals surface area contributed by atoms with Crippen LogP contribution in [0.1, 0.15) is 73.1 Å². The number of halogens is 1. The van der Waals surface area contributed by atoms with Crippen molar-refractivity contribution in [3.8, 4) is 0 Å². The van der Waals surface area contributed by atoms with Crippen LogP contribution in [0.4, 0.5) is 0 Å². The van der Waals surface area contributed by atoms with E-state index in [0.717, 1.165) is 16.7 Å². The van der Waals surface area contributed by atoms with Crippen molar-refractivity contribution >= 4 is 11.6 Å². The molecule has 3 aromatic carbocycles. The zero-order valence-corrected chi connectivity index (χ0v) is 18.2. The van der Waals surface area contributed by atoms with Crippen molar-refractivity contribution in [2.24, 2.45) is 5.90 Å². The Morgan fingerprint density at radius 2 is 1.27 bits per heavy atom. The second kappa shape index (κ2) is 9.78. The van der Waals surface area contributed by atoms with Crippen LogP contribution in [0.3, 0.4) is 0 Å². The molecule has 4 rings (SSSR count). The third kappa shape index (κ3) is 4.18. The highest BCUT2D eigenvalue weighted by Crippen LogP contribution is 2.43. The van der Waals surface area contributed by atoms with E-state index in [4.69, 9.17) is 22.3 Å². The summed E-state index contributed by atoms with van der Waals surface area (Å²) in [6, 6.07) is 26.7. The highest BCUT2D eigenvalue weighted by atomic mass is 35.5. The Balaban J connectivity index is 1.77. The minimum absolute atomic E-state index is 0.635. The smallest absolute Gasteiger partial charge is 0.166 e. The summed E-state index contributed by atoms with van der Waals surface area (Å²) in [6.45, 7) is 0. The molecule has 0 saturated heterocycles. The van der Waals surface area contributed by atoms with E-state index in [2.05, 4.69) is 24.3 Å². The highest BCUT2D eigenvalue weighted by Gasteiger charge is 2.39. The number of hydrogen-bond donors (Lipinski definition) is 1. The van der Waals surface area contributed by atoms with Crippen molar-refractivity contribution in [2.75, 3.05) is 0 Å². The van der Waals surface area contributed by atoms with E-state index in [0.29, 0.717) is 10.9 Å². The summed E-state index contributed by atoms with van der Waals surface area (Å²) < 4.78 is 0. The lowest BCUT2D eigenvalue weighted by molar-refractivity contribution is 0.0118. The molecule has 0 aromatic heterocycles. The van der Waals surface area contributed by atoms with Gasteiger partial charge in [0.2, 0.25) is 0 Å². The van der Waals surface area contributed by atoms with E-state index in [9.17, 15) is 0 Å².